The first kappa shape index (κ1) is 15.2. The van der Waals surface area contributed by atoms with Crippen molar-refractivity contribution < 1.29 is 19.7 Å². The van der Waals surface area contributed by atoms with Crippen molar-refractivity contribution in [2.45, 2.75) is 18.6 Å². The molecule has 2 rings (SSSR count). The number of ether oxygens (including phenoxy) is 1. The highest BCUT2D eigenvalue weighted by atomic mass is 16.5. The first-order valence-corrected chi connectivity index (χ1v) is 6.68. The van der Waals surface area contributed by atoms with Gasteiger partial charge in [0.05, 0.1) is 7.11 Å². The molecule has 0 aromatic heterocycles. The molecule has 21 heavy (non-hydrogen) atoms. The molecule has 2 unspecified atom stereocenters. The van der Waals surface area contributed by atoms with Gasteiger partial charge in [-0.15, -0.1) is 0 Å². The van der Waals surface area contributed by atoms with Gasteiger partial charge in [-0.05, 0) is 23.1 Å². The molecule has 0 bridgehead atoms. The van der Waals surface area contributed by atoms with Crippen molar-refractivity contribution in [1.82, 2.24) is 0 Å². The van der Waals surface area contributed by atoms with E-state index in [0.717, 1.165) is 12.0 Å². The van der Waals surface area contributed by atoms with Crippen LogP contribution in [0.1, 0.15) is 22.8 Å². The standard InChI is InChI=1S/C17H18O4/c1-21-17(20)16(19)15(18)14-9-7-13(8-10-14)11-12-5-3-2-4-6-12/h2-10,15-16,18-19H,11H2,1H3. The summed E-state index contributed by atoms with van der Waals surface area (Å²) in [5.74, 6) is -0.851. The van der Waals surface area contributed by atoms with Crippen LogP contribution in [0, 0.1) is 0 Å². The van der Waals surface area contributed by atoms with Gasteiger partial charge in [0.2, 0.25) is 0 Å². The Morgan fingerprint density at radius 3 is 2.14 bits per heavy atom. The molecule has 2 N–H and O–H groups in total. The van der Waals surface area contributed by atoms with Crippen LogP contribution in [0.25, 0.3) is 0 Å². The van der Waals surface area contributed by atoms with Gasteiger partial charge in [-0.1, -0.05) is 54.6 Å². The molecule has 0 aliphatic rings. The van der Waals surface area contributed by atoms with Gasteiger partial charge >= 0.3 is 5.97 Å². The van der Waals surface area contributed by atoms with E-state index in [0.29, 0.717) is 5.56 Å². The van der Waals surface area contributed by atoms with Gasteiger partial charge in [-0.2, -0.15) is 0 Å². The van der Waals surface area contributed by atoms with Crippen molar-refractivity contribution in [2.75, 3.05) is 7.11 Å². The normalized spacial score (nSPS) is 13.5. The van der Waals surface area contributed by atoms with Crippen LogP contribution in [-0.2, 0) is 16.0 Å². The number of hydrogen-bond donors (Lipinski definition) is 2. The maximum Gasteiger partial charge on any atom is 0.337 e. The monoisotopic (exact) mass is 286 g/mol. The van der Waals surface area contributed by atoms with E-state index in [-0.39, 0.29) is 0 Å². The number of methoxy groups -OCH3 is 1. The lowest BCUT2D eigenvalue weighted by Gasteiger charge is -2.16. The number of benzene rings is 2. The van der Waals surface area contributed by atoms with E-state index in [9.17, 15) is 15.0 Å². The van der Waals surface area contributed by atoms with E-state index < -0.39 is 18.2 Å². The Bertz CT molecular complexity index is 577. The molecular weight excluding hydrogens is 268 g/mol. The molecule has 0 radical (unpaired) electrons. The lowest BCUT2D eigenvalue weighted by Crippen LogP contribution is -2.29. The Morgan fingerprint density at radius 1 is 1.00 bits per heavy atom. The molecule has 0 saturated carbocycles. The molecule has 4 nitrogen and oxygen atoms in total. The summed E-state index contributed by atoms with van der Waals surface area (Å²) in [5.41, 5.74) is 2.76. The number of carbonyl (C=O) groups is 1. The average Bonchev–Trinajstić information content (AvgIpc) is 2.54. The largest absolute Gasteiger partial charge is 0.467 e. The van der Waals surface area contributed by atoms with Gasteiger partial charge in [0.15, 0.2) is 6.10 Å². The number of carbonyl (C=O) groups excluding carboxylic acids is 1. The van der Waals surface area contributed by atoms with Gasteiger partial charge in [0, 0.05) is 0 Å². The van der Waals surface area contributed by atoms with Crippen molar-refractivity contribution in [3.05, 3.63) is 71.3 Å². The molecule has 0 spiro atoms. The quantitative estimate of drug-likeness (QED) is 0.823. The highest BCUT2D eigenvalue weighted by Crippen LogP contribution is 2.19. The molecule has 0 aliphatic carbocycles. The molecule has 0 aliphatic heterocycles. The Hall–Kier alpha value is -2.17. The van der Waals surface area contributed by atoms with Crippen molar-refractivity contribution in [2.24, 2.45) is 0 Å². The summed E-state index contributed by atoms with van der Waals surface area (Å²) < 4.78 is 4.41. The Kier molecular flexibility index (Phi) is 5.09. The third-order valence-electron chi connectivity index (χ3n) is 3.31. The summed E-state index contributed by atoms with van der Waals surface area (Å²) >= 11 is 0. The van der Waals surface area contributed by atoms with Crippen LogP contribution in [-0.4, -0.2) is 29.4 Å². The summed E-state index contributed by atoms with van der Waals surface area (Å²) in [6, 6.07) is 17.2. The second-order valence-corrected chi connectivity index (χ2v) is 4.82. The van der Waals surface area contributed by atoms with Gasteiger partial charge in [-0.25, -0.2) is 4.79 Å². The molecule has 110 valence electrons. The Labute approximate surface area is 123 Å². The van der Waals surface area contributed by atoms with Gasteiger partial charge < -0.3 is 14.9 Å². The van der Waals surface area contributed by atoms with Crippen LogP contribution in [0.5, 0.6) is 0 Å². The van der Waals surface area contributed by atoms with Crippen LogP contribution >= 0.6 is 0 Å². The van der Waals surface area contributed by atoms with Crippen LogP contribution in [0.15, 0.2) is 54.6 Å². The molecule has 0 heterocycles. The predicted octanol–water partition coefficient (Wildman–Crippen LogP) is 1.84. The number of esters is 1. The van der Waals surface area contributed by atoms with Crippen LogP contribution < -0.4 is 0 Å². The first-order valence-electron chi connectivity index (χ1n) is 6.68. The third-order valence-corrected chi connectivity index (χ3v) is 3.31. The summed E-state index contributed by atoms with van der Waals surface area (Å²) in [6.07, 6.45) is -2.07. The van der Waals surface area contributed by atoms with Crippen LogP contribution in [0.4, 0.5) is 0 Å². The Balaban J connectivity index is 2.06. The van der Waals surface area contributed by atoms with E-state index in [1.54, 1.807) is 12.1 Å². The zero-order valence-corrected chi connectivity index (χ0v) is 11.8. The van der Waals surface area contributed by atoms with E-state index in [1.807, 2.05) is 42.5 Å². The van der Waals surface area contributed by atoms with Gasteiger partial charge in [-0.3, -0.25) is 0 Å². The fraction of sp³-hybridized carbons (Fsp3) is 0.235. The number of hydrogen-bond acceptors (Lipinski definition) is 4. The average molecular weight is 286 g/mol. The van der Waals surface area contributed by atoms with Gasteiger partial charge in [0.25, 0.3) is 0 Å². The summed E-state index contributed by atoms with van der Waals surface area (Å²) in [4.78, 5) is 11.2. The van der Waals surface area contributed by atoms with Crippen LogP contribution in [0.3, 0.4) is 0 Å². The zero-order valence-electron chi connectivity index (χ0n) is 11.8. The van der Waals surface area contributed by atoms with Gasteiger partial charge in [0.1, 0.15) is 6.10 Å². The van der Waals surface area contributed by atoms with E-state index in [2.05, 4.69) is 4.74 Å². The number of rotatable bonds is 5. The van der Waals surface area contributed by atoms with E-state index >= 15 is 0 Å². The topological polar surface area (TPSA) is 66.8 Å². The summed E-state index contributed by atoms with van der Waals surface area (Å²) in [5, 5.41) is 19.5. The Morgan fingerprint density at radius 2 is 1.57 bits per heavy atom. The summed E-state index contributed by atoms with van der Waals surface area (Å²) in [6.45, 7) is 0. The van der Waals surface area contributed by atoms with Crippen molar-refractivity contribution in [1.29, 1.82) is 0 Å². The second-order valence-electron chi connectivity index (χ2n) is 4.82. The first-order chi connectivity index (χ1) is 10.1. The molecule has 2 atom stereocenters. The van der Waals surface area contributed by atoms with E-state index in [1.165, 1.54) is 12.7 Å². The lowest BCUT2D eigenvalue weighted by molar-refractivity contribution is -0.156. The SMILES string of the molecule is COC(=O)C(O)C(O)c1ccc(Cc2ccccc2)cc1. The smallest absolute Gasteiger partial charge is 0.337 e. The highest BCUT2D eigenvalue weighted by molar-refractivity contribution is 5.75. The maximum atomic E-state index is 11.2. The predicted molar refractivity (Wildman–Crippen MR) is 78.7 cm³/mol. The molecule has 2 aromatic carbocycles. The second kappa shape index (κ2) is 7.02. The third kappa shape index (κ3) is 3.90. The molecular formula is C17H18O4. The fourth-order valence-corrected chi connectivity index (χ4v) is 2.10. The lowest BCUT2D eigenvalue weighted by atomic mass is 10.00. The minimum Gasteiger partial charge on any atom is -0.467 e. The fourth-order valence-electron chi connectivity index (χ4n) is 2.10. The molecule has 4 heteroatoms. The molecule has 0 amide bonds. The molecule has 0 fully saturated rings. The minimum absolute atomic E-state index is 0.477. The van der Waals surface area contributed by atoms with E-state index in [4.69, 9.17) is 0 Å². The number of aliphatic hydroxyl groups is 2. The van der Waals surface area contributed by atoms with Crippen molar-refractivity contribution >= 4 is 5.97 Å². The minimum atomic E-state index is -1.57. The highest BCUT2D eigenvalue weighted by Gasteiger charge is 2.26. The van der Waals surface area contributed by atoms with Crippen molar-refractivity contribution in [3.8, 4) is 0 Å². The number of aliphatic hydroxyl groups excluding tert-OH is 2. The molecule has 2 aromatic rings. The van der Waals surface area contributed by atoms with Crippen LogP contribution in [0.2, 0.25) is 0 Å². The van der Waals surface area contributed by atoms with Crippen molar-refractivity contribution in [3.63, 3.8) is 0 Å². The molecule has 0 saturated heterocycles. The zero-order chi connectivity index (χ0) is 15.2. The maximum absolute atomic E-state index is 11.2. The summed E-state index contributed by atoms with van der Waals surface area (Å²) in [7, 11) is 1.17.